The van der Waals surface area contributed by atoms with E-state index in [9.17, 15) is 24.3 Å². The van der Waals surface area contributed by atoms with E-state index in [2.05, 4.69) is 6.08 Å². The first-order chi connectivity index (χ1) is 19.0. The third kappa shape index (κ3) is 6.46. The first-order valence-corrected chi connectivity index (χ1v) is 12.8. The molecule has 0 amide bonds. The van der Waals surface area contributed by atoms with Crippen molar-refractivity contribution in [3.8, 4) is 23.0 Å². The van der Waals surface area contributed by atoms with E-state index < -0.39 is 29.7 Å². The number of Topliss-reactive ketones (excluding diaryl/α,β-unsaturated/α-hetero) is 1. The molecule has 0 spiro atoms. The van der Waals surface area contributed by atoms with Crippen LogP contribution in [0.25, 0.3) is 0 Å². The molecule has 3 atom stereocenters. The molecule has 8 nitrogen and oxygen atoms in total. The maximum Gasteiger partial charge on any atom is 0.308 e. The molecule has 0 aliphatic heterocycles. The molecule has 1 unspecified atom stereocenters. The van der Waals surface area contributed by atoms with Crippen molar-refractivity contribution in [3.05, 3.63) is 95.1 Å². The van der Waals surface area contributed by atoms with Gasteiger partial charge in [0.1, 0.15) is 23.0 Å². The highest BCUT2D eigenvalue weighted by Crippen LogP contribution is 2.50. The van der Waals surface area contributed by atoms with Gasteiger partial charge in [0.05, 0.1) is 5.56 Å². The fraction of sp³-hybridized carbons (Fsp3) is 0.250. The number of hydrogen-bond donors (Lipinski definition) is 1. The maximum absolute atomic E-state index is 14.3. The average Bonchev–Trinajstić information content (AvgIpc) is 2.87. The van der Waals surface area contributed by atoms with E-state index >= 15 is 0 Å². The summed E-state index contributed by atoms with van der Waals surface area (Å²) in [5.74, 6) is -3.30. The lowest BCUT2D eigenvalue weighted by atomic mass is 9.65. The number of carbonyl (C=O) groups is 4. The van der Waals surface area contributed by atoms with Crippen LogP contribution in [0.15, 0.2) is 78.4 Å². The number of carbonyl (C=O) groups excluding carboxylic acids is 4. The fourth-order valence-electron chi connectivity index (χ4n) is 5.25. The largest absolute Gasteiger partial charge is 0.507 e. The predicted molar refractivity (Wildman–Crippen MR) is 147 cm³/mol. The lowest BCUT2D eigenvalue weighted by molar-refractivity contribution is -0.133. The SMILES string of the molecule is CC(=O)Oc1ccc(C(=O)[C@H]2C(c3ccccc3)C=C(C)C[C@@H]2c2ccc(OC(C)=O)cc2OC(C)=O)c(O)c1. The van der Waals surface area contributed by atoms with Crippen molar-refractivity contribution in [2.24, 2.45) is 5.92 Å². The fourth-order valence-corrected chi connectivity index (χ4v) is 5.25. The van der Waals surface area contributed by atoms with Crippen LogP contribution in [0.4, 0.5) is 0 Å². The number of ketones is 1. The summed E-state index contributed by atoms with van der Waals surface area (Å²) >= 11 is 0. The second kappa shape index (κ2) is 12.0. The summed E-state index contributed by atoms with van der Waals surface area (Å²) in [4.78, 5) is 49.3. The van der Waals surface area contributed by atoms with Crippen molar-refractivity contribution in [1.82, 2.24) is 0 Å². The minimum absolute atomic E-state index is 0.0744. The summed E-state index contributed by atoms with van der Waals surface area (Å²) < 4.78 is 15.8. The molecule has 0 aromatic heterocycles. The van der Waals surface area contributed by atoms with E-state index in [1.165, 1.54) is 45.0 Å². The van der Waals surface area contributed by atoms with Gasteiger partial charge >= 0.3 is 17.9 Å². The van der Waals surface area contributed by atoms with E-state index in [1.807, 2.05) is 37.3 Å². The summed E-state index contributed by atoms with van der Waals surface area (Å²) in [6, 6.07) is 18.5. The van der Waals surface area contributed by atoms with Crippen LogP contribution in [0.1, 0.15) is 67.4 Å². The Morgan fingerprint density at radius 2 is 1.38 bits per heavy atom. The number of phenolic OH excluding ortho intramolecular Hbond substituents is 1. The Kier molecular flexibility index (Phi) is 8.48. The molecule has 0 fully saturated rings. The van der Waals surface area contributed by atoms with Crippen molar-refractivity contribution in [2.75, 3.05) is 0 Å². The molecule has 1 aliphatic rings. The van der Waals surface area contributed by atoms with Crippen molar-refractivity contribution < 1.29 is 38.5 Å². The van der Waals surface area contributed by atoms with Crippen molar-refractivity contribution in [2.45, 2.75) is 46.0 Å². The van der Waals surface area contributed by atoms with E-state index in [-0.39, 0.29) is 40.3 Å². The molecule has 1 aliphatic carbocycles. The minimum Gasteiger partial charge on any atom is -0.507 e. The molecule has 0 heterocycles. The van der Waals surface area contributed by atoms with E-state index in [1.54, 1.807) is 12.1 Å². The molecule has 3 aromatic rings. The third-order valence-electron chi connectivity index (χ3n) is 6.71. The van der Waals surface area contributed by atoms with Crippen LogP contribution in [-0.4, -0.2) is 28.8 Å². The molecule has 0 saturated heterocycles. The van der Waals surface area contributed by atoms with Crippen molar-refractivity contribution in [1.29, 1.82) is 0 Å². The lowest BCUT2D eigenvalue weighted by Crippen LogP contribution is -2.32. The highest BCUT2D eigenvalue weighted by molar-refractivity contribution is 6.02. The summed E-state index contributed by atoms with van der Waals surface area (Å²) in [5, 5.41) is 10.8. The molecule has 8 heteroatoms. The van der Waals surface area contributed by atoms with Crippen LogP contribution >= 0.6 is 0 Å². The van der Waals surface area contributed by atoms with Gasteiger partial charge in [-0.25, -0.2) is 0 Å². The highest BCUT2D eigenvalue weighted by Gasteiger charge is 2.41. The number of benzene rings is 3. The van der Waals surface area contributed by atoms with Crippen LogP contribution < -0.4 is 14.2 Å². The van der Waals surface area contributed by atoms with Crippen LogP contribution in [-0.2, 0) is 14.4 Å². The zero-order valence-electron chi connectivity index (χ0n) is 22.7. The number of aromatic hydroxyl groups is 1. The smallest absolute Gasteiger partial charge is 0.308 e. The summed E-state index contributed by atoms with van der Waals surface area (Å²) in [6.45, 7) is 5.77. The van der Waals surface area contributed by atoms with Gasteiger partial charge in [0, 0.05) is 50.7 Å². The number of allylic oxidation sites excluding steroid dienone is 2. The molecule has 1 N–H and O–H groups in total. The Balaban J connectivity index is 1.87. The Morgan fingerprint density at radius 1 is 0.775 bits per heavy atom. The molecule has 0 radical (unpaired) electrons. The van der Waals surface area contributed by atoms with Gasteiger partial charge in [-0.05, 0) is 42.7 Å². The number of hydrogen-bond acceptors (Lipinski definition) is 8. The van der Waals surface area contributed by atoms with Gasteiger partial charge < -0.3 is 19.3 Å². The summed E-state index contributed by atoms with van der Waals surface area (Å²) in [6.07, 6.45) is 2.53. The minimum atomic E-state index is -0.703. The Labute approximate surface area is 232 Å². The average molecular weight is 543 g/mol. The second-order valence-electron chi connectivity index (χ2n) is 9.81. The molecule has 4 rings (SSSR count). The zero-order valence-corrected chi connectivity index (χ0v) is 22.7. The van der Waals surface area contributed by atoms with E-state index in [0.717, 1.165) is 11.1 Å². The van der Waals surface area contributed by atoms with Gasteiger partial charge in [-0.2, -0.15) is 0 Å². The number of esters is 3. The van der Waals surface area contributed by atoms with Crippen LogP contribution in [0, 0.1) is 5.92 Å². The van der Waals surface area contributed by atoms with Crippen molar-refractivity contribution in [3.63, 3.8) is 0 Å². The van der Waals surface area contributed by atoms with Gasteiger partial charge in [-0.15, -0.1) is 0 Å². The standard InChI is InChI=1S/C32H30O8/c1-18-14-27(22-8-6-5-7-9-22)31(32(37)26-13-11-23(16-29(26)36)38-19(2)33)28(15-18)25-12-10-24(39-20(3)34)17-30(25)40-21(4)35/h5-14,16-17,27-28,31,36H,15H2,1-4H3/t27?,28-,31+/m1/s1. The number of rotatable bonds is 7. The summed E-state index contributed by atoms with van der Waals surface area (Å²) in [5.41, 5.74) is 2.61. The van der Waals surface area contributed by atoms with Crippen LogP contribution in [0.3, 0.4) is 0 Å². The predicted octanol–water partition coefficient (Wildman–Crippen LogP) is 5.88. The van der Waals surface area contributed by atoms with Crippen molar-refractivity contribution >= 4 is 23.7 Å². The monoisotopic (exact) mass is 542 g/mol. The van der Waals surface area contributed by atoms with Gasteiger partial charge in [0.2, 0.25) is 0 Å². The molecule has 0 bridgehead atoms. The number of phenols is 1. The van der Waals surface area contributed by atoms with Gasteiger partial charge in [0.15, 0.2) is 5.78 Å². The summed E-state index contributed by atoms with van der Waals surface area (Å²) in [7, 11) is 0. The Morgan fingerprint density at radius 3 is 1.98 bits per heavy atom. The Hall–Kier alpha value is -4.72. The molecule has 3 aromatic carbocycles. The first-order valence-electron chi connectivity index (χ1n) is 12.8. The molecule has 0 saturated carbocycles. The molecule has 206 valence electrons. The lowest BCUT2D eigenvalue weighted by Gasteiger charge is -2.37. The van der Waals surface area contributed by atoms with Gasteiger partial charge in [-0.3, -0.25) is 19.2 Å². The highest BCUT2D eigenvalue weighted by atomic mass is 16.5. The topological polar surface area (TPSA) is 116 Å². The zero-order chi connectivity index (χ0) is 29.0. The van der Waals surface area contributed by atoms with Gasteiger partial charge in [0.25, 0.3) is 0 Å². The maximum atomic E-state index is 14.3. The first kappa shape index (κ1) is 28.3. The second-order valence-corrected chi connectivity index (χ2v) is 9.81. The van der Waals surface area contributed by atoms with E-state index in [0.29, 0.717) is 12.0 Å². The molecular weight excluding hydrogens is 512 g/mol. The van der Waals surface area contributed by atoms with Crippen LogP contribution in [0.5, 0.6) is 23.0 Å². The normalized spacial score (nSPS) is 18.3. The Bertz CT molecular complexity index is 1490. The molecular formula is C32H30O8. The van der Waals surface area contributed by atoms with E-state index in [4.69, 9.17) is 14.2 Å². The quantitative estimate of drug-likeness (QED) is 0.170. The van der Waals surface area contributed by atoms with Crippen LogP contribution in [0.2, 0.25) is 0 Å². The van der Waals surface area contributed by atoms with Gasteiger partial charge in [-0.1, -0.05) is 48.0 Å². The molecule has 40 heavy (non-hydrogen) atoms. The third-order valence-corrected chi connectivity index (χ3v) is 6.71. The number of ether oxygens (including phenoxy) is 3.